The van der Waals surface area contributed by atoms with E-state index in [0.29, 0.717) is 17.5 Å². The Morgan fingerprint density at radius 3 is 3.10 bits per heavy atom. The van der Waals surface area contributed by atoms with Crippen LogP contribution in [0.2, 0.25) is 0 Å². The second-order valence-corrected chi connectivity index (χ2v) is 8.09. The molecule has 0 amide bonds. The number of rotatable bonds is 4. The zero-order chi connectivity index (χ0) is 19.2. The first kappa shape index (κ1) is 16.8. The summed E-state index contributed by atoms with van der Waals surface area (Å²) in [6, 6.07) is 9.86. The van der Waals surface area contributed by atoms with Gasteiger partial charge in [0.25, 0.3) is 0 Å². The summed E-state index contributed by atoms with van der Waals surface area (Å²) < 4.78 is 16.5. The first-order valence-electron chi connectivity index (χ1n) is 9.35. The molecule has 8 nitrogen and oxygen atoms in total. The van der Waals surface area contributed by atoms with Gasteiger partial charge in [-0.15, -0.1) is 11.3 Å². The molecule has 0 radical (unpaired) electrons. The summed E-state index contributed by atoms with van der Waals surface area (Å²) in [7, 11) is 0. The van der Waals surface area contributed by atoms with E-state index >= 15 is 0 Å². The van der Waals surface area contributed by atoms with Gasteiger partial charge in [0.05, 0.1) is 23.8 Å². The Balaban J connectivity index is 1.32. The van der Waals surface area contributed by atoms with Crippen LogP contribution in [0.1, 0.15) is 28.2 Å². The maximum Gasteiger partial charge on any atom is 0.244 e. The minimum Gasteiger partial charge on any atom is -0.454 e. The number of hydrogen-bond acceptors (Lipinski definition) is 8. The third-order valence-corrected chi connectivity index (χ3v) is 6.15. The Morgan fingerprint density at radius 1 is 1.21 bits per heavy atom. The maximum atomic E-state index is 5.71. The summed E-state index contributed by atoms with van der Waals surface area (Å²) in [6.07, 6.45) is 2.48. The highest BCUT2D eigenvalue weighted by Gasteiger charge is 2.33. The van der Waals surface area contributed by atoms with Crippen molar-refractivity contribution in [3.05, 3.63) is 64.2 Å². The van der Waals surface area contributed by atoms with E-state index in [0.717, 1.165) is 42.2 Å². The van der Waals surface area contributed by atoms with Crippen LogP contribution in [0.5, 0.6) is 11.5 Å². The monoisotopic (exact) mass is 407 g/mol. The molecule has 3 aromatic heterocycles. The molecule has 1 N–H and O–H groups in total. The van der Waals surface area contributed by atoms with E-state index in [2.05, 4.69) is 37.5 Å². The molecule has 2 aliphatic rings. The number of aromatic nitrogens is 4. The Labute approximate surface area is 170 Å². The number of nitrogens with one attached hydrogen (secondary N) is 1. The van der Waals surface area contributed by atoms with Crippen molar-refractivity contribution in [2.45, 2.75) is 25.6 Å². The molecule has 4 aromatic rings. The third-order valence-electron chi connectivity index (χ3n) is 5.29. The van der Waals surface area contributed by atoms with Gasteiger partial charge in [0, 0.05) is 30.0 Å². The molecule has 5 heterocycles. The molecule has 0 aliphatic carbocycles. The van der Waals surface area contributed by atoms with Crippen LogP contribution in [0.15, 0.2) is 46.6 Å². The van der Waals surface area contributed by atoms with Crippen molar-refractivity contribution in [1.29, 1.82) is 0 Å². The molecule has 0 bridgehead atoms. The van der Waals surface area contributed by atoms with Crippen molar-refractivity contribution >= 4 is 11.3 Å². The van der Waals surface area contributed by atoms with Crippen molar-refractivity contribution in [2.24, 2.45) is 0 Å². The zero-order valence-corrected chi connectivity index (χ0v) is 16.2. The van der Waals surface area contributed by atoms with E-state index < -0.39 is 0 Å². The van der Waals surface area contributed by atoms with Gasteiger partial charge in [0.15, 0.2) is 11.5 Å². The molecule has 1 atom stereocenters. The van der Waals surface area contributed by atoms with Crippen LogP contribution < -0.4 is 9.47 Å². The lowest BCUT2D eigenvalue weighted by atomic mass is 10.0. The molecular weight excluding hydrogens is 390 g/mol. The summed E-state index contributed by atoms with van der Waals surface area (Å²) in [6.45, 7) is 1.82. The third kappa shape index (κ3) is 2.99. The first-order chi connectivity index (χ1) is 14.3. The topological polar surface area (TPSA) is 89.3 Å². The van der Waals surface area contributed by atoms with Crippen LogP contribution in [0, 0.1) is 0 Å². The van der Waals surface area contributed by atoms with Gasteiger partial charge in [-0.1, -0.05) is 11.2 Å². The van der Waals surface area contributed by atoms with Gasteiger partial charge >= 0.3 is 0 Å². The average Bonchev–Trinajstić information content (AvgIpc) is 3.53. The Hall–Kier alpha value is -3.17. The fraction of sp³-hybridized carbons (Fsp3) is 0.250. The van der Waals surface area contributed by atoms with Crippen LogP contribution >= 0.6 is 11.3 Å². The molecule has 0 spiro atoms. The number of hydrogen-bond donors (Lipinski definition) is 1. The highest BCUT2D eigenvalue weighted by molar-refractivity contribution is 7.09. The molecular formula is C20H17N5O3S. The maximum absolute atomic E-state index is 5.71. The van der Waals surface area contributed by atoms with Crippen LogP contribution in [0.3, 0.4) is 0 Å². The van der Waals surface area contributed by atoms with Crippen molar-refractivity contribution in [2.75, 3.05) is 6.79 Å². The molecule has 0 fully saturated rings. The molecule has 6 rings (SSSR count). The van der Waals surface area contributed by atoms with Crippen molar-refractivity contribution in [3.8, 4) is 22.9 Å². The fourth-order valence-electron chi connectivity index (χ4n) is 3.82. The highest BCUT2D eigenvalue weighted by Crippen LogP contribution is 2.37. The van der Waals surface area contributed by atoms with Gasteiger partial charge in [0.2, 0.25) is 18.5 Å². The number of fused-ring (bicyclic) bond motifs is 2. The van der Waals surface area contributed by atoms with Crippen LogP contribution in [0.4, 0.5) is 0 Å². The number of benzene rings is 1. The number of imidazole rings is 1. The molecule has 2 aliphatic heterocycles. The quantitative estimate of drug-likeness (QED) is 0.553. The predicted octanol–water partition coefficient (Wildman–Crippen LogP) is 3.55. The van der Waals surface area contributed by atoms with E-state index in [9.17, 15) is 0 Å². The molecule has 0 saturated carbocycles. The summed E-state index contributed by atoms with van der Waals surface area (Å²) in [5.74, 6) is 2.58. The van der Waals surface area contributed by atoms with E-state index in [1.807, 2.05) is 18.2 Å². The fourth-order valence-corrected chi connectivity index (χ4v) is 4.55. The van der Waals surface area contributed by atoms with Crippen molar-refractivity contribution in [3.63, 3.8) is 0 Å². The predicted molar refractivity (Wildman–Crippen MR) is 104 cm³/mol. The second kappa shape index (κ2) is 6.71. The lowest BCUT2D eigenvalue weighted by Gasteiger charge is -2.32. The average molecular weight is 407 g/mol. The second-order valence-electron chi connectivity index (χ2n) is 7.06. The SMILES string of the molecule is c1csc(CN2Cc3[nH]cnc3C[C@H]2c2nc(-c3ccc4c(c3)OCO4)no2)c1. The van der Waals surface area contributed by atoms with E-state index in [-0.39, 0.29) is 12.8 Å². The molecule has 9 heteroatoms. The highest BCUT2D eigenvalue weighted by atomic mass is 32.1. The van der Waals surface area contributed by atoms with Gasteiger partial charge < -0.3 is 19.0 Å². The molecule has 1 aromatic carbocycles. The van der Waals surface area contributed by atoms with Crippen LogP contribution in [0.25, 0.3) is 11.4 Å². The largest absolute Gasteiger partial charge is 0.454 e. The van der Waals surface area contributed by atoms with Crippen molar-refractivity contribution < 1.29 is 14.0 Å². The summed E-state index contributed by atoms with van der Waals surface area (Å²) in [5.41, 5.74) is 3.04. The van der Waals surface area contributed by atoms with Crippen molar-refractivity contribution in [1.82, 2.24) is 25.0 Å². The van der Waals surface area contributed by atoms with Crippen LogP contribution in [-0.2, 0) is 19.5 Å². The first-order valence-corrected chi connectivity index (χ1v) is 10.2. The zero-order valence-electron chi connectivity index (χ0n) is 15.4. The lowest BCUT2D eigenvalue weighted by molar-refractivity contribution is 0.129. The smallest absolute Gasteiger partial charge is 0.244 e. The number of thiophene rings is 1. The minimum atomic E-state index is -0.0249. The normalized spacial score (nSPS) is 18.1. The van der Waals surface area contributed by atoms with Crippen LogP contribution in [-0.4, -0.2) is 31.8 Å². The van der Waals surface area contributed by atoms with Gasteiger partial charge in [-0.2, -0.15) is 4.98 Å². The number of ether oxygens (including phenoxy) is 2. The molecule has 29 heavy (non-hydrogen) atoms. The number of H-pyrrole nitrogens is 1. The standard InChI is InChI=1S/C20H17N5O3S/c1-2-13(29-5-1)8-25-9-15-14(21-10-22-15)7-16(25)20-23-19(24-28-20)12-3-4-17-18(6-12)27-11-26-17/h1-6,10,16H,7-9,11H2,(H,21,22)/t16-/m0/s1. The molecule has 0 saturated heterocycles. The lowest BCUT2D eigenvalue weighted by Crippen LogP contribution is -2.34. The summed E-state index contributed by atoms with van der Waals surface area (Å²) in [4.78, 5) is 16.1. The van der Waals surface area contributed by atoms with Gasteiger partial charge in [-0.25, -0.2) is 4.98 Å². The number of aromatic amines is 1. The van der Waals surface area contributed by atoms with E-state index in [1.54, 1.807) is 17.7 Å². The minimum absolute atomic E-state index is 0.0249. The Morgan fingerprint density at radius 2 is 2.17 bits per heavy atom. The summed E-state index contributed by atoms with van der Waals surface area (Å²) in [5, 5.41) is 6.33. The van der Waals surface area contributed by atoms with E-state index in [4.69, 9.17) is 19.0 Å². The molecule has 146 valence electrons. The van der Waals surface area contributed by atoms with Gasteiger partial charge in [-0.05, 0) is 29.6 Å². The van der Waals surface area contributed by atoms with Gasteiger partial charge in [0.1, 0.15) is 0 Å². The number of nitrogens with zero attached hydrogens (tertiary/aromatic N) is 4. The molecule has 0 unspecified atom stereocenters. The summed E-state index contributed by atoms with van der Waals surface area (Å²) >= 11 is 1.75. The Kier molecular flexibility index (Phi) is 3.88. The Bertz CT molecular complexity index is 1150. The van der Waals surface area contributed by atoms with Gasteiger partial charge in [-0.3, -0.25) is 4.90 Å². The van der Waals surface area contributed by atoms with E-state index in [1.165, 1.54) is 4.88 Å².